The molecule has 9 nitrogen and oxygen atoms in total. The van der Waals surface area contributed by atoms with Gasteiger partial charge in [0.25, 0.3) is 11.7 Å². The number of ether oxygens (including phenoxy) is 3. The van der Waals surface area contributed by atoms with Gasteiger partial charge in [0.05, 0.1) is 13.2 Å². The SMILES string of the molecule is CC(C)(C)OC(=O)N(CCc1ccccc1C(=O)C(=O)N1CCOCC1)C(=O)OC(C)(C)C. The van der Waals surface area contributed by atoms with Crippen molar-refractivity contribution in [2.75, 3.05) is 32.8 Å². The van der Waals surface area contributed by atoms with Crippen molar-refractivity contribution in [3.8, 4) is 0 Å². The molecule has 0 unspecified atom stereocenters. The van der Waals surface area contributed by atoms with Gasteiger partial charge in [-0.05, 0) is 53.5 Å². The molecular weight excluding hydrogens is 428 g/mol. The molecule has 0 N–H and O–H groups in total. The Morgan fingerprint density at radius 2 is 1.42 bits per heavy atom. The van der Waals surface area contributed by atoms with E-state index in [4.69, 9.17) is 14.2 Å². The van der Waals surface area contributed by atoms with Crippen LogP contribution in [0.15, 0.2) is 24.3 Å². The first-order valence-corrected chi connectivity index (χ1v) is 11.0. The highest BCUT2D eigenvalue weighted by atomic mass is 16.6. The van der Waals surface area contributed by atoms with Crippen molar-refractivity contribution in [3.05, 3.63) is 35.4 Å². The van der Waals surface area contributed by atoms with Crippen LogP contribution in [0, 0.1) is 0 Å². The number of hydrogen-bond acceptors (Lipinski definition) is 7. The van der Waals surface area contributed by atoms with Crippen LogP contribution in [0.3, 0.4) is 0 Å². The summed E-state index contributed by atoms with van der Waals surface area (Å²) in [6, 6.07) is 6.67. The van der Waals surface area contributed by atoms with E-state index in [9.17, 15) is 19.2 Å². The summed E-state index contributed by atoms with van der Waals surface area (Å²) in [6.07, 6.45) is -1.54. The first-order valence-electron chi connectivity index (χ1n) is 11.0. The van der Waals surface area contributed by atoms with Gasteiger partial charge in [0.1, 0.15) is 11.2 Å². The average molecular weight is 463 g/mol. The third-order valence-corrected chi connectivity index (χ3v) is 4.59. The van der Waals surface area contributed by atoms with Crippen LogP contribution in [-0.4, -0.2) is 77.7 Å². The number of hydrogen-bond donors (Lipinski definition) is 0. The first kappa shape index (κ1) is 26.3. The number of Topliss-reactive ketones (excluding diaryl/α,β-unsaturated/α-hetero) is 1. The highest BCUT2D eigenvalue weighted by Crippen LogP contribution is 2.17. The van der Waals surface area contributed by atoms with Gasteiger partial charge in [0.15, 0.2) is 0 Å². The first-order chi connectivity index (χ1) is 15.3. The molecule has 1 aromatic rings. The summed E-state index contributed by atoms with van der Waals surface area (Å²) in [7, 11) is 0. The lowest BCUT2D eigenvalue weighted by Crippen LogP contribution is -2.45. The summed E-state index contributed by atoms with van der Waals surface area (Å²) in [6.45, 7) is 11.6. The number of rotatable bonds is 5. The molecule has 0 spiro atoms. The second-order valence-electron chi connectivity index (χ2n) is 9.75. The lowest BCUT2D eigenvalue weighted by atomic mass is 10.00. The van der Waals surface area contributed by atoms with E-state index in [1.54, 1.807) is 65.8 Å². The number of nitrogens with zero attached hydrogens (tertiary/aromatic N) is 2. The molecule has 9 heteroatoms. The van der Waals surface area contributed by atoms with E-state index in [2.05, 4.69) is 0 Å². The number of benzene rings is 1. The Kier molecular flexibility index (Phi) is 8.60. The van der Waals surface area contributed by atoms with E-state index in [1.807, 2.05) is 0 Å². The van der Waals surface area contributed by atoms with Crippen molar-refractivity contribution in [1.82, 2.24) is 9.80 Å². The van der Waals surface area contributed by atoms with Crippen molar-refractivity contribution in [2.24, 2.45) is 0 Å². The average Bonchev–Trinajstić information content (AvgIpc) is 2.71. The summed E-state index contributed by atoms with van der Waals surface area (Å²) in [5.41, 5.74) is -0.838. The molecule has 1 aromatic carbocycles. The molecular formula is C24H34N2O7. The molecule has 1 heterocycles. The van der Waals surface area contributed by atoms with Crippen molar-refractivity contribution < 1.29 is 33.4 Å². The Bertz CT molecular complexity index is 850. The number of ketones is 1. The van der Waals surface area contributed by atoms with Gasteiger partial charge in [-0.15, -0.1) is 0 Å². The standard InChI is InChI=1S/C24H34N2O7/c1-23(2,3)32-21(29)26(22(30)33-24(4,5)6)12-11-17-9-7-8-10-18(17)19(27)20(28)25-13-15-31-16-14-25/h7-10H,11-16H2,1-6H3. The van der Waals surface area contributed by atoms with Crippen LogP contribution in [0.25, 0.3) is 0 Å². The van der Waals surface area contributed by atoms with Crippen molar-refractivity contribution in [1.29, 1.82) is 0 Å². The fourth-order valence-corrected chi connectivity index (χ4v) is 3.11. The molecule has 1 saturated heterocycles. The van der Waals surface area contributed by atoms with E-state index >= 15 is 0 Å². The molecule has 0 saturated carbocycles. The van der Waals surface area contributed by atoms with Crippen LogP contribution in [-0.2, 0) is 25.4 Å². The van der Waals surface area contributed by atoms with Gasteiger partial charge < -0.3 is 19.1 Å². The second-order valence-corrected chi connectivity index (χ2v) is 9.75. The zero-order valence-corrected chi connectivity index (χ0v) is 20.3. The number of carbonyl (C=O) groups excluding carboxylic acids is 4. The van der Waals surface area contributed by atoms with Crippen molar-refractivity contribution >= 4 is 23.9 Å². The molecule has 0 bridgehead atoms. The van der Waals surface area contributed by atoms with Gasteiger partial charge >= 0.3 is 12.2 Å². The molecule has 0 aromatic heterocycles. The van der Waals surface area contributed by atoms with E-state index in [1.165, 1.54) is 4.90 Å². The summed E-state index contributed by atoms with van der Waals surface area (Å²) >= 11 is 0. The van der Waals surface area contributed by atoms with E-state index < -0.39 is 35.1 Å². The lowest BCUT2D eigenvalue weighted by Gasteiger charge is -2.29. The van der Waals surface area contributed by atoms with Gasteiger partial charge in [-0.2, -0.15) is 0 Å². The Morgan fingerprint density at radius 1 is 0.909 bits per heavy atom. The van der Waals surface area contributed by atoms with Crippen LogP contribution in [0.1, 0.15) is 57.5 Å². The van der Waals surface area contributed by atoms with E-state index in [0.29, 0.717) is 31.9 Å². The third kappa shape index (κ3) is 8.16. The molecule has 33 heavy (non-hydrogen) atoms. The summed E-state index contributed by atoms with van der Waals surface area (Å²) < 4.78 is 16.0. The maximum absolute atomic E-state index is 12.9. The number of amides is 3. The highest BCUT2D eigenvalue weighted by Gasteiger charge is 2.32. The van der Waals surface area contributed by atoms with Gasteiger partial charge in [-0.3, -0.25) is 9.59 Å². The topological polar surface area (TPSA) is 102 Å². The maximum Gasteiger partial charge on any atom is 0.419 e. The fourth-order valence-electron chi connectivity index (χ4n) is 3.11. The van der Waals surface area contributed by atoms with Crippen LogP contribution < -0.4 is 0 Å². The molecule has 0 atom stereocenters. The van der Waals surface area contributed by atoms with Gasteiger partial charge in [-0.1, -0.05) is 24.3 Å². The molecule has 3 amide bonds. The van der Waals surface area contributed by atoms with Crippen molar-refractivity contribution in [2.45, 2.75) is 59.2 Å². The normalized spacial score (nSPS) is 14.4. The van der Waals surface area contributed by atoms with Crippen LogP contribution >= 0.6 is 0 Å². The monoisotopic (exact) mass is 462 g/mol. The predicted octanol–water partition coefficient (Wildman–Crippen LogP) is 3.44. The molecule has 2 rings (SSSR count). The quantitative estimate of drug-likeness (QED) is 0.488. The molecule has 1 aliphatic rings. The minimum atomic E-state index is -0.843. The summed E-state index contributed by atoms with van der Waals surface area (Å²) in [5, 5.41) is 0. The van der Waals surface area contributed by atoms with Crippen molar-refractivity contribution in [3.63, 3.8) is 0 Å². The minimum absolute atomic E-state index is 0.0835. The van der Waals surface area contributed by atoms with Gasteiger partial charge in [0, 0.05) is 25.2 Å². The smallest absolute Gasteiger partial charge is 0.419 e. The Hall–Kier alpha value is -2.94. The fraction of sp³-hybridized carbons (Fsp3) is 0.583. The van der Waals surface area contributed by atoms with Crippen LogP contribution in [0.2, 0.25) is 0 Å². The number of imide groups is 1. The molecule has 182 valence electrons. The third-order valence-electron chi connectivity index (χ3n) is 4.59. The lowest BCUT2D eigenvalue weighted by molar-refractivity contribution is -0.130. The predicted molar refractivity (Wildman–Crippen MR) is 121 cm³/mol. The highest BCUT2D eigenvalue weighted by molar-refractivity contribution is 6.43. The zero-order chi connectivity index (χ0) is 24.8. The number of morpholine rings is 1. The molecule has 0 aliphatic carbocycles. The van der Waals surface area contributed by atoms with E-state index in [-0.39, 0.29) is 18.5 Å². The van der Waals surface area contributed by atoms with Gasteiger partial charge in [0.2, 0.25) is 0 Å². The maximum atomic E-state index is 12.9. The Labute approximate surface area is 195 Å². The molecule has 0 radical (unpaired) electrons. The largest absolute Gasteiger partial charge is 0.443 e. The second kappa shape index (κ2) is 10.8. The Balaban J connectivity index is 2.21. The summed E-state index contributed by atoms with van der Waals surface area (Å²) in [4.78, 5) is 53.4. The van der Waals surface area contributed by atoms with Crippen LogP contribution in [0.4, 0.5) is 9.59 Å². The summed E-state index contributed by atoms with van der Waals surface area (Å²) in [5.74, 6) is -1.23. The Morgan fingerprint density at radius 3 is 1.94 bits per heavy atom. The molecule has 1 fully saturated rings. The van der Waals surface area contributed by atoms with Gasteiger partial charge in [-0.25, -0.2) is 14.5 Å². The van der Waals surface area contributed by atoms with Crippen LogP contribution in [0.5, 0.6) is 0 Å². The zero-order valence-electron chi connectivity index (χ0n) is 20.3. The number of carbonyl (C=O) groups is 4. The minimum Gasteiger partial charge on any atom is -0.443 e. The van der Waals surface area contributed by atoms with E-state index in [0.717, 1.165) is 4.90 Å². The molecule has 1 aliphatic heterocycles.